The summed E-state index contributed by atoms with van der Waals surface area (Å²) in [5, 5.41) is 2.66. The van der Waals surface area contributed by atoms with E-state index < -0.39 is 9.84 Å². The van der Waals surface area contributed by atoms with Crippen LogP contribution in [0, 0.1) is 0 Å². The van der Waals surface area contributed by atoms with E-state index in [1.54, 1.807) is 35.0 Å². The summed E-state index contributed by atoms with van der Waals surface area (Å²) < 4.78 is 26.0. The Morgan fingerprint density at radius 2 is 2.00 bits per heavy atom. The number of rotatable bonds is 4. The molecular weight excluding hydrogens is 356 g/mol. The van der Waals surface area contributed by atoms with Crippen LogP contribution in [0.4, 0.5) is 5.69 Å². The number of nitrogens with one attached hydrogen (secondary N) is 1. The maximum Gasteiger partial charge on any atom is 0.272 e. The minimum atomic E-state index is -3.40. The van der Waals surface area contributed by atoms with Crippen molar-refractivity contribution in [3.05, 3.63) is 46.7 Å². The molecule has 0 aliphatic rings. The van der Waals surface area contributed by atoms with Gasteiger partial charge in [0.1, 0.15) is 5.69 Å². The number of sulfone groups is 1. The van der Waals surface area contributed by atoms with Crippen LogP contribution in [0.1, 0.15) is 17.4 Å². The second kappa shape index (κ2) is 6.03. The van der Waals surface area contributed by atoms with E-state index in [0.717, 1.165) is 10.7 Å². The van der Waals surface area contributed by atoms with Gasteiger partial charge >= 0.3 is 0 Å². The van der Waals surface area contributed by atoms with Gasteiger partial charge < -0.3 is 9.88 Å². The van der Waals surface area contributed by atoms with Crippen LogP contribution in [-0.4, -0.2) is 25.1 Å². The number of amides is 1. The smallest absolute Gasteiger partial charge is 0.272 e. The third-order valence-electron chi connectivity index (χ3n) is 2.97. The van der Waals surface area contributed by atoms with Gasteiger partial charge in [-0.2, -0.15) is 0 Å². The zero-order valence-corrected chi connectivity index (χ0v) is 14.0. The highest BCUT2D eigenvalue weighted by Gasteiger charge is 2.17. The zero-order valence-electron chi connectivity index (χ0n) is 11.6. The van der Waals surface area contributed by atoms with Crippen molar-refractivity contribution >= 4 is 37.4 Å². The fraction of sp³-hybridized carbons (Fsp3) is 0.214. The SMILES string of the molecule is CCn1cc(Br)cc1C(=O)Nc1ccccc1S(C)(=O)=O. The summed E-state index contributed by atoms with van der Waals surface area (Å²) in [7, 11) is -3.40. The molecule has 5 nitrogen and oxygen atoms in total. The lowest BCUT2D eigenvalue weighted by atomic mass is 10.3. The number of halogens is 1. The van der Waals surface area contributed by atoms with E-state index in [0.29, 0.717) is 12.2 Å². The van der Waals surface area contributed by atoms with E-state index >= 15 is 0 Å². The molecule has 0 spiro atoms. The molecule has 1 aromatic heterocycles. The topological polar surface area (TPSA) is 68.2 Å². The fourth-order valence-electron chi connectivity index (χ4n) is 2.01. The van der Waals surface area contributed by atoms with Gasteiger partial charge in [0.2, 0.25) is 0 Å². The molecule has 0 unspecified atom stereocenters. The number of para-hydroxylation sites is 1. The van der Waals surface area contributed by atoms with E-state index in [2.05, 4.69) is 21.2 Å². The molecule has 112 valence electrons. The van der Waals surface area contributed by atoms with Gasteiger partial charge in [-0.15, -0.1) is 0 Å². The highest BCUT2D eigenvalue weighted by Crippen LogP contribution is 2.22. The minimum Gasteiger partial charge on any atom is -0.343 e. The zero-order chi connectivity index (χ0) is 15.6. The Morgan fingerprint density at radius 3 is 2.62 bits per heavy atom. The maximum absolute atomic E-state index is 12.3. The van der Waals surface area contributed by atoms with E-state index in [4.69, 9.17) is 0 Å². The number of benzene rings is 1. The average Bonchev–Trinajstić information content (AvgIpc) is 2.79. The van der Waals surface area contributed by atoms with E-state index in [1.807, 2.05) is 6.92 Å². The summed E-state index contributed by atoms with van der Waals surface area (Å²) >= 11 is 3.33. The molecule has 1 aromatic carbocycles. The molecule has 1 amide bonds. The Balaban J connectivity index is 2.37. The maximum atomic E-state index is 12.3. The molecule has 2 aromatic rings. The summed E-state index contributed by atoms with van der Waals surface area (Å²) in [6.07, 6.45) is 2.92. The number of carbonyl (C=O) groups excluding carboxylic acids is 1. The van der Waals surface area contributed by atoms with Gasteiger partial charge in [0.15, 0.2) is 9.84 Å². The van der Waals surface area contributed by atoms with Gasteiger partial charge in [-0.25, -0.2) is 8.42 Å². The van der Waals surface area contributed by atoms with Crippen molar-refractivity contribution in [2.45, 2.75) is 18.4 Å². The number of carbonyl (C=O) groups is 1. The molecule has 0 saturated heterocycles. The third kappa shape index (κ3) is 3.54. The van der Waals surface area contributed by atoms with Gasteiger partial charge in [0.05, 0.1) is 10.6 Å². The molecule has 0 radical (unpaired) electrons. The number of aryl methyl sites for hydroxylation is 1. The second-order valence-corrected chi connectivity index (χ2v) is 7.45. The Hall–Kier alpha value is -1.60. The molecule has 21 heavy (non-hydrogen) atoms. The summed E-state index contributed by atoms with van der Waals surface area (Å²) in [6.45, 7) is 2.57. The van der Waals surface area contributed by atoms with Crippen LogP contribution in [0.2, 0.25) is 0 Å². The van der Waals surface area contributed by atoms with Crippen LogP contribution in [0.25, 0.3) is 0 Å². The molecule has 0 saturated carbocycles. The summed E-state index contributed by atoms with van der Waals surface area (Å²) in [4.78, 5) is 12.4. The lowest BCUT2D eigenvalue weighted by molar-refractivity contribution is 0.101. The molecule has 7 heteroatoms. The van der Waals surface area contributed by atoms with E-state index in [1.165, 1.54) is 6.07 Å². The summed E-state index contributed by atoms with van der Waals surface area (Å²) in [5.41, 5.74) is 0.748. The predicted molar refractivity (Wildman–Crippen MR) is 85.3 cm³/mol. The quantitative estimate of drug-likeness (QED) is 0.899. The minimum absolute atomic E-state index is 0.104. The number of aromatic nitrogens is 1. The molecule has 1 heterocycles. The summed E-state index contributed by atoms with van der Waals surface area (Å²) in [5.74, 6) is -0.348. The van der Waals surface area contributed by atoms with Crippen LogP contribution >= 0.6 is 15.9 Å². The molecule has 0 fully saturated rings. The van der Waals surface area contributed by atoms with Crippen molar-refractivity contribution < 1.29 is 13.2 Å². The van der Waals surface area contributed by atoms with Crippen LogP contribution < -0.4 is 5.32 Å². The van der Waals surface area contributed by atoms with E-state index in [-0.39, 0.29) is 16.5 Å². The normalized spacial score (nSPS) is 11.4. The number of hydrogen-bond acceptors (Lipinski definition) is 3. The Kier molecular flexibility index (Phi) is 4.53. The van der Waals surface area contributed by atoms with Crippen molar-refractivity contribution in [1.29, 1.82) is 0 Å². The van der Waals surface area contributed by atoms with Gasteiger partial charge in [-0.3, -0.25) is 4.79 Å². The Bertz CT molecular complexity index is 781. The van der Waals surface area contributed by atoms with Crippen LogP contribution in [0.5, 0.6) is 0 Å². The standard InChI is InChI=1S/C14H15BrN2O3S/c1-3-17-9-10(15)8-12(17)14(18)16-11-6-4-5-7-13(11)21(2,19)20/h4-9H,3H2,1-2H3,(H,16,18). The highest BCUT2D eigenvalue weighted by atomic mass is 79.9. The van der Waals surface area contributed by atoms with Crippen molar-refractivity contribution in [3.8, 4) is 0 Å². The lowest BCUT2D eigenvalue weighted by Gasteiger charge is -2.10. The van der Waals surface area contributed by atoms with E-state index in [9.17, 15) is 13.2 Å². The van der Waals surface area contributed by atoms with Gasteiger partial charge in [-0.1, -0.05) is 12.1 Å². The largest absolute Gasteiger partial charge is 0.343 e. The number of hydrogen-bond donors (Lipinski definition) is 1. The van der Waals surface area contributed by atoms with Gasteiger partial charge in [-0.05, 0) is 41.1 Å². The Labute approximate surface area is 132 Å². The van der Waals surface area contributed by atoms with Gasteiger partial charge in [0, 0.05) is 23.5 Å². The predicted octanol–water partition coefficient (Wildman–Crippen LogP) is 2.93. The van der Waals surface area contributed by atoms with Crippen molar-refractivity contribution in [2.75, 3.05) is 11.6 Å². The van der Waals surface area contributed by atoms with Gasteiger partial charge in [0.25, 0.3) is 5.91 Å². The average molecular weight is 371 g/mol. The van der Waals surface area contributed by atoms with Crippen molar-refractivity contribution in [3.63, 3.8) is 0 Å². The highest BCUT2D eigenvalue weighted by molar-refractivity contribution is 9.10. The molecule has 0 aliphatic heterocycles. The molecule has 0 atom stereocenters. The first-order valence-corrected chi connectivity index (χ1v) is 8.97. The molecule has 2 rings (SSSR count). The molecule has 1 N–H and O–H groups in total. The monoisotopic (exact) mass is 370 g/mol. The van der Waals surface area contributed by atoms with Crippen LogP contribution in [0.15, 0.2) is 45.9 Å². The molecular formula is C14H15BrN2O3S. The molecule has 0 bridgehead atoms. The molecule has 0 aliphatic carbocycles. The lowest BCUT2D eigenvalue weighted by Crippen LogP contribution is -2.18. The van der Waals surface area contributed by atoms with Crippen molar-refractivity contribution in [1.82, 2.24) is 4.57 Å². The fourth-order valence-corrected chi connectivity index (χ4v) is 3.31. The first kappa shape index (κ1) is 15.8. The van der Waals surface area contributed by atoms with Crippen molar-refractivity contribution in [2.24, 2.45) is 0 Å². The first-order valence-electron chi connectivity index (χ1n) is 6.29. The number of anilines is 1. The van der Waals surface area contributed by atoms with Crippen LogP contribution in [0.3, 0.4) is 0 Å². The summed E-state index contributed by atoms with van der Waals surface area (Å²) in [6, 6.07) is 8.04. The Morgan fingerprint density at radius 1 is 1.33 bits per heavy atom. The number of nitrogens with zero attached hydrogens (tertiary/aromatic N) is 1. The second-order valence-electron chi connectivity index (χ2n) is 4.55. The first-order chi connectivity index (χ1) is 9.82. The van der Waals surface area contributed by atoms with Crippen LogP contribution in [-0.2, 0) is 16.4 Å². The third-order valence-corrected chi connectivity index (χ3v) is 4.56.